The second-order valence-electron chi connectivity index (χ2n) is 4.80. The van der Waals surface area contributed by atoms with Crippen molar-refractivity contribution in [1.29, 1.82) is 0 Å². The van der Waals surface area contributed by atoms with Crippen molar-refractivity contribution < 1.29 is 4.79 Å². The van der Waals surface area contributed by atoms with Gasteiger partial charge in [0.1, 0.15) is 0 Å². The molecular formula is C13H24BrNO. The molecule has 1 fully saturated rings. The van der Waals surface area contributed by atoms with Gasteiger partial charge in [-0.25, -0.2) is 0 Å². The molecule has 0 bridgehead atoms. The highest BCUT2D eigenvalue weighted by Gasteiger charge is 2.25. The van der Waals surface area contributed by atoms with Crippen molar-refractivity contribution in [2.75, 3.05) is 0 Å². The zero-order chi connectivity index (χ0) is 12.0. The summed E-state index contributed by atoms with van der Waals surface area (Å²) in [5, 5.41) is 3.20. The molecule has 0 aromatic heterocycles. The lowest BCUT2D eigenvalue weighted by Crippen LogP contribution is -2.43. The van der Waals surface area contributed by atoms with E-state index in [4.69, 9.17) is 0 Å². The molecule has 1 aliphatic rings. The second-order valence-corrected chi connectivity index (χ2v) is 5.90. The first-order valence-electron chi connectivity index (χ1n) is 6.63. The van der Waals surface area contributed by atoms with Gasteiger partial charge in [0, 0.05) is 6.04 Å². The van der Waals surface area contributed by atoms with Gasteiger partial charge < -0.3 is 5.32 Å². The van der Waals surface area contributed by atoms with Gasteiger partial charge in [-0.15, -0.1) is 0 Å². The third-order valence-electron chi connectivity index (χ3n) is 3.63. The molecule has 0 aromatic carbocycles. The highest BCUT2D eigenvalue weighted by molar-refractivity contribution is 9.10. The largest absolute Gasteiger partial charge is 0.352 e. The number of hydrogen-bond donors (Lipinski definition) is 1. The topological polar surface area (TPSA) is 29.1 Å². The summed E-state index contributed by atoms with van der Waals surface area (Å²) >= 11 is 3.41. The Morgan fingerprint density at radius 3 is 2.38 bits per heavy atom. The quantitative estimate of drug-likeness (QED) is 0.770. The second kappa shape index (κ2) is 7.31. The Labute approximate surface area is 108 Å². The summed E-state index contributed by atoms with van der Waals surface area (Å²) in [6.07, 6.45) is 8.53. The van der Waals surface area contributed by atoms with E-state index in [1.54, 1.807) is 0 Å². The molecule has 94 valence electrons. The highest BCUT2D eigenvalue weighted by atomic mass is 79.9. The molecule has 2 nitrogen and oxygen atoms in total. The van der Waals surface area contributed by atoms with E-state index < -0.39 is 0 Å². The van der Waals surface area contributed by atoms with Crippen molar-refractivity contribution >= 4 is 21.8 Å². The first kappa shape index (κ1) is 14.0. The maximum absolute atomic E-state index is 11.8. The maximum atomic E-state index is 11.8. The van der Waals surface area contributed by atoms with Gasteiger partial charge in [-0.05, 0) is 31.6 Å². The molecule has 16 heavy (non-hydrogen) atoms. The molecule has 1 N–H and O–H groups in total. The molecule has 0 radical (unpaired) electrons. The number of nitrogens with one attached hydrogen (secondary N) is 1. The van der Waals surface area contributed by atoms with Crippen LogP contribution in [0, 0.1) is 5.92 Å². The third kappa shape index (κ3) is 4.08. The van der Waals surface area contributed by atoms with Crippen LogP contribution in [0.4, 0.5) is 0 Å². The summed E-state index contributed by atoms with van der Waals surface area (Å²) in [5.74, 6) is 0.874. The van der Waals surface area contributed by atoms with Crippen LogP contribution < -0.4 is 5.32 Å². The predicted molar refractivity (Wildman–Crippen MR) is 71.8 cm³/mol. The monoisotopic (exact) mass is 289 g/mol. The van der Waals surface area contributed by atoms with Gasteiger partial charge in [0.15, 0.2) is 0 Å². The molecule has 0 heterocycles. The Balaban J connectivity index is 2.44. The van der Waals surface area contributed by atoms with Crippen molar-refractivity contribution in [2.24, 2.45) is 5.92 Å². The summed E-state index contributed by atoms with van der Waals surface area (Å²) in [5.41, 5.74) is 0. The zero-order valence-electron chi connectivity index (χ0n) is 10.5. The predicted octanol–water partition coefficient (Wildman–Crippen LogP) is 3.64. The summed E-state index contributed by atoms with van der Waals surface area (Å²) in [6.45, 7) is 4.20. The highest BCUT2D eigenvalue weighted by Crippen LogP contribution is 2.27. The fourth-order valence-corrected chi connectivity index (χ4v) is 2.68. The summed E-state index contributed by atoms with van der Waals surface area (Å²) < 4.78 is 0. The van der Waals surface area contributed by atoms with Crippen LogP contribution in [0.25, 0.3) is 0 Å². The number of rotatable bonds is 5. The van der Waals surface area contributed by atoms with E-state index in [0.29, 0.717) is 12.0 Å². The van der Waals surface area contributed by atoms with Crippen molar-refractivity contribution in [3.63, 3.8) is 0 Å². The van der Waals surface area contributed by atoms with E-state index in [-0.39, 0.29) is 10.7 Å². The van der Waals surface area contributed by atoms with E-state index in [1.165, 1.54) is 32.1 Å². The van der Waals surface area contributed by atoms with Gasteiger partial charge in [0.25, 0.3) is 0 Å². The molecule has 1 amide bonds. The van der Waals surface area contributed by atoms with E-state index >= 15 is 0 Å². The third-order valence-corrected chi connectivity index (χ3v) is 4.69. The Kier molecular flexibility index (Phi) is 6.40. The van der Waals surface area contributed by atoms with Crippen LogP contribution >= 0.6 is 15.9 Å². The number of carbonyl (C=O) groups excluding carboxylic acids is 1. The van der Waals surface area contributed by atoms with Crippen molar-refractivity contribution in [3.8, 4) is 0 Å². The van der Waals surface area contributed by atoms with Crippen LogP contribution in [0.2, 0.25) is 0 Å². The average Bonchev–Trinajstić information content (AvgIpc) is 2.35. The van der Waals surface area contributed by atoms with E-state index in [0.717, 1.165) is 12.8 Å². The molecule has 0 aliphatic heterocycles. The average molecular weight is 290 g/mol. The molecule has 1 aliphatic carbocycles. The summed E-state index contributed by atoms with van der Waals surface area (Å²) in [6, 6.07) is 0.388. The number of halogens is 1. The molecule has 0 aromatic rings. The lowest BCUT2D eigenvalue weighted by molar-refractivity contribution is -0.121. The Bertz CT molecular complexity index is 214. The van der Waals surface area contributed by atoms with Crippen LogP contribution in [0.1, 0.15) is 58.8 Å². The van der Waals surface area contributed by atoms with Gasteiger partial charge in [0.05, 0.1) is 4.83 Å². The number of carbonyl (C=O) groups is 1. The Morgan fingerprint density at radius 2 is 1.88 bits per heavy atom. The van der Waals surface area contributed by atoms with E-state index in [2.05, 4.69) is 28.2 Å². The minimum atomic E-state index is -0.0230. The SMILES string of the molecule is CCC(Br)C(=O)NC(CC)C1CCCCC1. The van der Waals surface area contributed by atoms with Crippen molar-refractivity contribution in [2.45, 2.75) is 69.7 Å². The van der Waals surface area contributed by atoms with Crippen LogP contribution in [-0.4, -0.2) is 16.8 Å². The number of alkyl halides is 1. The first-order chi connectivity index (χ1) is 7.69. The lowest BCUT2D eigenvalue weighted by Gasteiger charge is -2.30. The Hall–Kier alpha value is -0.0500. The fourth-order valence-electron chi connectivity index (χ4n) is 2.55. The molecule has 1 saturated carbocycles. The molecule has 0 saturated heterocycles. The summed E-state index contributed by atoms with van der Waals surface area (Å²) in [7, 11) is 0. The van der Waals surface area contributed by atoms with Gasteiger partial charge in [-0.2, -0.15) is 0 Å². The van der Waals surface area contributed by atoms with Crippen LogP contribution in [0.15, 0.2) is 0 Å². The van der Waals surface area contributed by atoms with E-state index in [9.17, 15) is 4.79 Å². The summed E-state index contributed by atoms with van der Waals surface area (Å²) in [4.78, 5) is 11.8. The fraction of sp³-hybridized carbons (Fsp3) is 0.923. The molecule has 2 unspecified atom stereocenters. The van der Waals surface area contributed by atoms with Crippen molar-refractivity contribution in [1.82, 2.24) is 5.32 Å². The first-order valence-corrected chi connectivity index (χ1v) is 7.55. The standard InChI is InChI=1S/C13H24BrNO/c1-3-11(14)13(16)15-12(4-2)10-8-6-5-7-9-10/h10-12H,3-9H2,1-2H3,(H,15,16). The molecule has 1 rings (SSSR count). The van der Waals surface area contributed by atoms with Crippen LogP contribution in [-0.2, 0) is 4.79 Å². The van der Waals surface area contributed by atoms with Crippen LogP contribution in [0.5, 0.6) is 0 Å². The number of amides is 1. The van der Waals surface area contributed by atoms with Gasteiger partial charge in [-0.3, -0.25) is 4.79 Å². The van der Waals surface area contributed by atoms with Crippen molar-refractivity contribution in [3.05, 3.63) is 0 Å². The number of hydrogen-bond acceptors (Lipinski definition) is 1. The lowest BCUT2D eigenvalue weighted by atomic mass is 9.83. The van der Waals surface area contributed by atoms with Gasteiger partial charge in [-0.1, -0.05) is 49.0 Å². The molecule has 0 spiro atoms. The zero-order valence-corrected chi connectivity index (χ0v) is 12.1. The van der Waals surface area contributed by atoms with E-state index in [1.807, 2.05) is 6.92 Å². The minimum absolute atomic E-state index is 0.0230. The molecule has 2 atom stereocenters. The van der Waals surface area contributed by atoms with Gasteiger partial charge in [0.2, 0.25) is 5.91 Å². The molecular weight excluding hydrogens is 266 g/mol. The van der Waals surface area contributed by atoms with Crippen LogP contribution in [0.3, 0.4) is 0 Å². The minimum Gasteiger partial charge on any atom is -0.352 e. The van der Waals surface area contributed by atoms with Gasteiger partial charge >= 0.3 is 0 Å². The molecule has 3 heteroatoms. The Morgan fingerprint density at radius 1 is 1.25 bits per heavy atom. The maximum Gasteiger partial charge on any atom is 0.233 e. The normalized spacial score (nSPS) is 21.4. The smallest absolute Gasteiger partial charge is 0.233 e.